The van der Waals surface area contributed by atoms with E-state index in [2.05, 4.69) is 28.5 Å². The molecule has 1 aliphatic rings. The topological polar surface area (TPSA) is 74.7 Å². The summed E-state index contributed by atoms with van der Waals surface area (Å²) in [7, 11) is 0. The third-order valence-electron chi connectivity index (χ3n) is 3.45. The second-order valence-corrected chi connectivity index (χ2v) is 4.74. The van der Waals surface area contributed by atoms with Crippen molar-refractivity contribution in [2.24, 2.45) is 0 Å². The maximum Gasteiger partial charge on any atom is 0.150 e. The Morgan fingerprint density at radius 3 is 2.79 bits per heavy atom. The molecule has 0 radical (unpaired) electrons. The molecule has 0 spiro atoms. The lowest BCUT2D eigenvalue weighted by molar-refractivity contribution is 1.03. The Balaban J connectivity index is 1.74. The van der Waals surface area contributed by atoms with Gasteiger partial charge in [-0.15, -0.1) is 0 Å². The van der Waals surface area contributed by atoms with Gasteiger partial charge in [0.05, 0.1) is 11.3 Å². The molecule has 19 heavy (non-hydrogen) atoms. The molecular formula is C15H14N4. The quantitative estimate of drug-likeness (QED) is 0.877. The number of nitrogens with one attached hydrogen (secondary N) is 1. The number of rotatable bonds is 3. The van der Waals surface area contributed by atoms with E-state index in [1.54, 1.807) is 12.3 Å². The molecule has 0 amide bonds. The third kappa shape index (κ3) is 2.23. The van der Waals surface area contributed by atoms with Gasteiger partial charge in [0.1, 0.15) is 6.07 Å². The van der Waals surface area contributed by atoms with Crippen molar-refractivity contribution in [1.29, 1.82) is 5.26 Å². The molecule has 94 valence electrons. The first kappa shape index (κ1) is 11.5. The zero-order chi connectivity index (χ0) is 13.2. The molecule has 0 bridgehead atoms. The van der Waals surface area contributed by atoms with Crippen molar-refractivity contribution in [3.05, 3.63) is 53.7 Å². The van der Waals surface area contributed by atoms with Crippen LogP contribution in [0.5, 0.6) is 0 Å². The Hall–Kier alpha value is -2.54. The van der Waals surface area contributed by atoms with Crippen LogP contribution in [0.15, 0.2) is 42.6 Å². The Kier molecular flexibility index (Phi) is 2.81. The van der Waals surface area contributed by atoms with Crippen LogP contribution in [0.25, 0.3) is 0 Å². The number of hydrogen-bond donors (Lipinski definition) is 2. The monoisotopic (exact) mass is 250 g/mol. The minimum absolute atomic E-state index is 0.353. The number of nitriles is 1. The number of pyridine rings is 1. The minimum atomic E-state index is 0.353. The molecule has 1 aliphatic carbocycles. The summed E-state index contributed by atoms with van der Waals surface area (Å²) in [5.74, 6) is 1.12. The number of benzene rings is 1. The molecule has 3 rings (SSSR count). The van der Waals surface area contributed by atoms with Gasteiger partial charge in [0, 0.05) is 18.2 Å². The van der Waals surface area contributed by atoms with Gasteiger partial charge >= 0.3 is 0 Å². The third-order valence-corrected chi connectivity index (χ3v) is 3.45. The van der Waals surface area contributed by atoms with Gasteiger partial charge < -0.3 is 11.1 Å². The maximum atomic E-state index is 8.94. The van der Waals surface area contributed by atoms with Crippen molar-refractivity contribution >= 4 is 11.5 Å². The zero-order valence-electron chi connectivity index (χ0n) is 10.4. The van der Waals surface area contributed by atoms with Gasteiger partial charge in [0.2, 0.25) is 0 Å². The number of nitrogen functional groups attached to an aromatic ring is 1. The molecule has 4 heteroatoms. The predicted octanol–water partition coefficient (Wildman–Crippen LogP) is 2.50. The van der Waals surface area contributed by atoms with Gasteiger partial charge in [-0.2, -0.15) is 5.26 Å². The van der Waals surface area contributed by atoms with E-state index in [0.717, 1.165) is 6.42 Å². The second kappa shape index (κ2) is 4.62. The van der Waals surface area contributed by atoms with Crippen molar-refractivity contribution in [2.75, 3.05) is 11.1 Å². The number of aromatic nitrogens is 1. The Morgan fingerprint density at radius 1 is 1.26 bits per heavy atom. The van der Waals surface area contributed by atoms with E-state index in [1.165, 1.54) is 5.56 Å². The minimum Gasteiger partial charge on any atom is -0.395 e. The fourth-order valence-electron chi connectivity index (χ4n) is 2.28. The van der Waals surface area contributed by atoms with Crippen LogP contribution >= 0.6 is 0 Å². The van der Waals surface area contributed by atoms with Gasteiger partial charge in [-0.25, -0.2) is 4.98 Å². The second-order valence-electron chi connectivity index (χ2n) is 4.74. The molecule has 4 nitrogen and oxygen atoms in total. The van der Waals surface area contributed by atoms with Crippen LogP contribution in [0.3, 0.4) is 0 Å². The summed E-state index contributed by atoms with van der Waals surface area (Å²) < 4.78 is 0. The van der Waals surface area contributed by atoms with Crippen LogP contribution in [0, 0.1) is 11.3 Å². The summed E-state index contributed by atoms with van der Waals surface area (Å²) in [6, 6.07) is 14.4. The summed E-state index contributed by atoms with van der Waals surface area (Å²) in [6.07, 6.45) is 2.68. The van der Waals surface area contributed by atoms with E-state index in [9.17, 15) is 0 Å². The molecule has 1 aromatic carbocycles. The van der Waals surface area contributed by atoms with Crippen LogP contribution < -0.4 is 11.1 Å². The molecule has 1 fully saturated rings. The molecule has 2 unspecified atom stereocenters. The van der Waals surface area contributed by atoms with Gasteiger partial charge in [0.15, 0.2) is 5.82 Å². The number of nitrogens with two attached hydrogens (primary N) is 1. The zero-order valence-corrected chi connectivity index (χ0v) is 10.4. The molecular weight excluding hydrogens is 236 g/mol. The van der Waals surface area contributed by atoms with Crippen molar-refractivity contribution in [2.45, 2.75) is 18.4 Å². The lowest BCUT2D eigenvalue weighted by Gasteiger charge is -2.08. The first-order valence-corrected chi connectivity index (χ1v) is 6.25. The summed E-state index contributed by atoms with van der Waals surface area (Å²) >= 11 is 0. The SMILES string of the molecule is N#Cc1ccnc(NC2CC2c2ccccc2)c1N. The first-order valence-electron chi connectivity index (χ1n) is 6.25. The van der Waals surface area contributed by atoms with E-state index >= 15 is 0 Å². The molecule has 2 atom stereocenters. The number of anilines is 2. The Bertz CT molecular complexity index is 630. The van der Waals surface area contributed by atoms with Crippen molar-refractivity contribution in [3.8, 4) is 6.07 Å². The van der Waals surface area contributed by atoms with Crippen LogP contribution in [0.2, 0.25) is 0 Å². The van der Waals surface area contributed by atoms with Gasteiger partial charge in [0.25, 0.3) is 0 Å². The fraction of sp³-hybridized carbons (Fsp3) is 0.200. The highest BCUT2D eigenvalue weighted by Gasteiger charge is 2.38. The number of hydrogen-bond acceptors (Lipinski definition) is 4. The predicted molar refractivity (Wildman–Crippen MR) is 74.6 cm³/mol. The average molecular weight is 250 g/mol. The lowest BCUT2D eigenvalue weighted by atomic mass is 10.1. The highest BCUT2D eigenvalue weighted by molar-refractivity contribution is 5.69. The smallest absolute Gasteiger partial charge is 0.150 e. The van der Waals surface area contributed by atoms with Crippen molar-refractivity contribution in [1.82, 2.24) is 4.98 Å². The Morgan fingerprint density at radius 2 is 2.05 bits per heavy atom. The molecule has 1 aromatic heterocycles. The molecule has 3 N–H and O–H groups in total. The summed E-state index contributed by atoms with van der Waals surface area (Å²) in [5.41, 5.74) is 8.14. The molecule has 0 saturated heterocycles. The van der Waals surface area contributed by atoms with Gasteiger partial charge in [-0.3, -0.25) is 0 Å². The molecule has 1 saturated carbocycles. The highest BCUT2D eigenvalue weighted by atomic mass is 15.1. The van der Waals surface area contributed by atoms with Crippen LogP contribution in [-0.4, -0.2) is 11.0 Å². The van der Waals surface area contributed by atoms with Crippen LogP contribution in [0.4, 0.5) is 11.5 Å². The van der Waals surface area contributed by atoms with E-state index in [1.807, 2.05) is 18.2 Å². The molecule has 1 heterocycles. The van der Waals surface area contributed by atoms with E-state index < -0.39 is 0 Å². The summed E-state index contributed by atoms with van der Waals surface area (Å²) in [5, 5.41) is 12.3. The average Bonchev–Trinajstić information content (AvgIpc) is 3.21. The van der Waals surface area contributed by atoms with Gasteiger partial charge in [-0.05, 0) is 18.1 Å². The summed E-state index contributed by atoms with van der Waals surface area (Å²) in [6.45, 7) is 0. The molecule has 0 aliphatic heterocycles. The van der Waals surface area contributed by atoms with Crippen LogP contribution in [-0.2, 0) is 0 Å². The maximum absolute atomic E-state index is 8.94. The van der Waals surface area contributed by atoms with Crippen molar-refractivity contribution < 1.29 is 0 Å². The van der Waals surface area contributed by atoms with E-state index in [-0.39, 0.29) is 0 Å². The summed E-state index contributed by atoms with van der Waals surface area (Å²) in [4.78, 5) is 4.21. The number of nitrogens with zero attached hydrogens (tertiary/aromatic N) is 2. The standard InChI is InChI=1S/C15H14N4/c16-9-11-6-7-18-15(14(11)17)19-13-8-12(13)10-4-2-1-3-5-10/h1-7,12-13H,8,17H2,(H,18,19). The lowest BCUT2D eigenvalue weighted by Crippen LogP contribution is -2.09. The van der Waals surface area contributed by atoms with Crippen LogP contribution in [0.1, 0.15) is 23.5 Å². The first-order chi connectivity index (χ1) is 9.29. The van der Waals surface area contributed by atoms with Crippen molar-refractivity contribution in [3.63, 3.8) is 0 Å². The van der Waals surface area contributed by atoms with E-state index in [4.69, 9.17) is 11.0 Å². The largest absolute Gasteiger partial charge is 0.395 e. The molecule has 2 aromatic rings. The highest BCUT2D eigenvalue weighted by Crippen LogP contribution is 2.43. The fourth-order valence-corrected chi connectivity index (χ4v) is 2.28. The van der Waals surface area contributed by atoms with Gasteiger partial charge in [-0.1, -0.05) is 30.3 Å². The normalized spacial score (nSPS) is 20.6. The van der Waals surface area contributed by atoms with E-state index in [0.29, 0.717) is 29.0 Å². The Labute approximate surface area is 111 Å².